The van der Waals surface area contributed by atoms with Crippen molar-refractivity contribution in [2.45, 2.75) is 31.6 Å². The Hall–Kier alpha value is -5.47. The molecule has 5 rings (SSSR count). The lowest BCUT2D eigenvalue weighted by atomic mass is 9.81. The Balaban J connectivity index is 1.37. The molecule has 2 aromatic heterocycles. The van der Waals surface area contributed by atoms with E-state index in [2.05, 4.69) is 26.5 Å². The smallest absolute Gasteiger partial charge is 0.413 e. The number of aliphatic hydroxyl groups is 1. The number of aromatic nitrogens is 2. The highest BCUT2D eigenvalue weighted by Crippen LogP contribution is 2.42. The average Bonchev–Trinajstić information content (AvgIpc) is 3.79. The van der Waals surface area contributed by atoms with Gasteiger partial charge in [-0.05, 0) is 56.6 Å². The number of carbonyl (C=O) groups excluding carboxylic acids is 2. The number of nitriles is 1. The number of rotatable bonds is 13. The molecule has 0 saturated heterocycles. The van der Waals surface area contributed by atoms with Crippen molar-refractivity contribution in [1.29, 1.82) is 5.26 Å². The third-order valence-electron chi connectivity index (χ3n) is 8.24. The molecule has 0 aliphatic carbocycles. The maximum atomic E-state index is 15.5. The summed E-state index contributed by atoms with van der Waals surface area (Å²) in [7, 11) is 3.40. The van der Waals surface area contributed by atoms with Crippen LogP contribution in [0.3, 0.4) is 0 Å². The number of thiazole rings is 1. The zero-order valence-corrected chi connectivity index (χ0v) is 29.0. The molecule has 0 radical (unpaired) electrons. The first-order chi connectivity index (χ1) is 24.3. The minimum Gasteiger partial charge on any atom is -0.443 e. The molecule has 0 bridgehead atoms. The maximum Gasteiger partial charge on any atom is 0.413 e. The fourth-order valence-corrected chi connectivity index (χ4v) is 6.56. The minimum atomic E-state index is -2.09. The number of hydrogen-bond donors (Lipinski definition) is 2. The molecule has 0 saturated carbocycles. The van der Waals surface area contributed by atoms with Crippen molar-refractivity contribution >= 4 is 41.9 Å². The van der Waals surface area contributed by atoms with Gasteiger partial charge in [0, 0.05) is 35.5 Å². The van der Waals surface area contributed by atoms with Crippen molar-refractivity contribution < 1.29 is 37.5 Å². The molecule has 2 N–H and O–H groups in total. The molecule has 13 nitrogen and oxygen atoms in total. The van der Waals surface area contributed by atoms with Crippen molar-refractivity contribution in [2.24, 2.45) is 10.1 Å². The van der Waals surface area contributed by atoms with Crippen molar-refractivity contribution in [3.05, 3.63) is 99.5 Å². The van der Waals surface area contributed by atoms with E-state index < -0.39 is 46.0 Å². The number of esters is 1. The van der Waals surface area contributed by atoms with Gasteiger partial charge in [0.25, 0.3) is 0 Å². The first-order valence-electron chi connectivity index (χ1n) is 15.7. The maximum absolute atomic E-state index is 15.5. The van der Waals surface area contributed by atoms with Gasteiger partial charge in [0.05, 0.1) is 27.9 Å². The topological polar surface area (TPSA) is 162 Å². The lowest BCUT2D eigenvalue weighted by molar-refractivity contribution is -0.848. The Morgan fingerprint density at radius 1 is 1.18 bits per heavy atom. The number of amides is 1. The third kappa shape index (κ3) is 8.47. The molecule has 4 aromatic rings. The van der Waals surface area contributed by atoms with Crippen molar-refractivity contribution in [1.82, 2.24) is 14.9 Å². The quantitative estimate of drug-likeness (QED) is 0.103. The Bertz CT molecular complexity index is 1990. The molecule has 51 heavy (non-hydrogen) atoms. The molecule has 2 unspecified atom stereocenters. The number of nitrogens with zero attached hydrogens (tertiary/aromatic N) is 7. The zero-order chi connectivity index (χ0) is 36.8. The molecule has 1 amide bonds. The zero-order valence-electron chi connectivity index (χ0n) is 28.2. The molecule has 0 spiro atoms. The van der Waals surface area contributed by atoms with E-state index in [1.54, 1.807) is 67.7 Å². The third-order valence-corrected chi connectivity index (χ3v) is 9.27. The summed E-state index contributed by atoms with van der Waals surface area (Å²) in [6.45, 7) is 2.31. The van der Waals surface area contributed by atoms with Crippen LogP contribution in [-0.2, 0) is 19.9 Å². The van der Waals surface area contributed by atoms with Gasteiger partial charge in [-0.25, -0.2) is 23.5 Å². The molecule has 3 heterocycles. The van der Waals surface area contributed by atoms with E-state index >= 15 is 4.39 Å². The Morgan fingerprint density at radius 2 is 1.94 bits per heavy atom. The van der Waals surface area contributed by atoms with Crippen LogP contribution in [-0.4, -0.2) is 83.1 Å². The summed E-state index contributed by atoms with van der Waals surface area (Å²) in [4.78, 5) is 39.3. The number of ether oxygens (including phenoxy) is 2. The first-order valence-corrected chi connectivity index (χ1v) is 16.5. The Morgan fingerprint density at radius 3 is 2.61 bits per heavy atom. The van der Waals surface area contributed by atoms with E-state index in [0.29, 0.717) is 21.8 Å². The van der Waals surface area contributed by atoms with Gasteiger partial charge in [0.15, 0.2) is 18.2 Å². The van der Waals surface area contributed by atoms with Crippen LogP contribution in [0.4, 0.5) is 19.4 Å². The van der Waals surface area contributed by atoms with Gasteiger partial charge >= 0.3 is 12.1 Å². The van der Waals surface area contributed by atoms with Gasteiger partial charge in [-0.2, -0.15) is 10.3 Å². The van der Waals surface area contributed by atoms with Crippen LogP contribution in [0.2, 0.25) is 0 Å². The summed E-state index contributed by atoms with van der Waals surface area (Å²) in [5, 5.41) is 30.9. The van der Waals surface area contributed by atoms with Gasteiger partial charge in [-0.15, -0.1) is 15.9 Å². The number of nitrogens with one attached hydrogen (secondary N) is 1. The number of benzene rings is 2. The monoisotopic (exact) mass is 717 g/mol. The summed E-state index contributed by atoms with van der Waals surface area (Å²) in [5.41, 5.74) is -0.180. The number of quaternary nitrogens is 1. The fourth-order valence-electron chi connectivity index (χ4n) is 5.59. The largest absolute Gasteiger partial charge is 0.443 e. The SMILES string of the molecule is CC(=O)OC(c1cccnc1NC(=O)OCC[N+]1(C[C@](O)(c2cc(F)ccc2F)[C@@H](C)c2nc(-c3ccc(C#N)cc3)cs2)C=NC=N1)N(C)C. The molecule has 4 atom stereocenters. The van der Waals surface area contributed by atoms with Crippen molar-refractivity contribution in [3.8, 4) is 17.3 Å². The normalized spacial score (nSPS) is 17.4. The van der Waals surface area contributed by atoms with E-state index in [9.17, 15) is 19.1 Å². The van der Waals surface area contributed by atoms with Gasteiger partial charge < -0.3 is 14.6 Å². The number of halogens is 2. The molecule has 16 heteroatoms. The number of pyridine rings is 1. The van der Waals surface area contributed by atoms with E-state index in [1.807, 2.05) is 0 Å². The lowest BCUT2D eigenvalue weighted by Gasteiger charge is -2.38. The van der Waals surface area contributed by atoms with Gasteiger partial charge in [-0.1, -0.05) is 24.2 Å². The summed E-state index contributed by atoms with van der Waals surface area (Å²) < 4.78 is 40.6. The van der Waals surface area contributed by atoms with Crippen molar-refractivity contribution in [2.75, 3.05) is 39.1 Å². The highest BCUT2D eigenvalue weighted by molar-refractivity contribution is 7.10. The number of hydrogen-bond acceptors (Lipinski definition) is 12. The second-order valence-electron chi connectivity index (χ2n) is 12.0. The van der Waals surface area contributed by atoms with E-state index in [1.165, 1.54) is 37.1 Å². The van der Waals surface area contributed by atoms with Crippen LogP contribution in [0.1, 0.15) is 47.7 Å². The van der Waals surface area contributed by atoms with Crippen LogP contribution in [0.5, 0.6) is 0 Å². The van der Waals surface area contributed by atoms with Crippen LogP contribution in [0, 0.1) is 23.0 Å². The van der Waals surface area contributed by atoms with Crippen LogP contribution in [0.25, 0.3) is 11.3 Å². The predicted molar refractivity (Wildman–Crippen MR) is 185 cm³/mol. The minimum absolute atomic E-state index is 0.0450. The van der Waals surface area contributed by atoms with Crippen LogP contribution in [0.15, 0.2) is 76.3 Å². The molecule has 2 aromatic carbocycles. The predicted octanol–water partition coefficient (Wildman–Crippen LogP) is 5.52. The molecule has 0 fully saturated rings. The van der Waals surface area contributed by atoms with Crippen LogP contribution >= 0.6 is 11.3 Å². The summed E-state index contributed by atoms with van der Waals surface area (Å²) >= 11 is 1.24. The van der Waals surface area contributed by atoms with E-state index in [-0.39, 0.29) is 31.1 Å². The summed E-state index contributed by atoms with van der Waals surface area (Å²) in [6, 6.07) is 15.0. The molecular formula is C35H35F2N8O5S+. The van der Waals surface area contributed by atoms with E-state index in [4.69, 9.17) is 19.7 Å². The molecule has 1 aliphatic heterocycles. The van der Waals surface area contributed by atoms with Gasteiger partial charge in [0.2, 0.25) is 6.34 Å². The highest BCUT2D eigenvalue weighted by Gasteiger charge is 2.49. The van der Waals surface area contributed by atoms with Gasteiger partial charge in [0.1, 0.15) is 37.1 Å². The van der Waals surface area contributed by atoms with Gasteiger partial charge in [-0.3, -0.25) is 15.0 Å². The number of aliphatic imine (C=N–C) groups is 1. The second kappa shape index (κ2) is 15.6. The van der Waals surface area contributed by atoms with Crippen LogP contribution < -0.4 is 5.32 Å². The Kier molecular flexibility index (Phi) is 11.3. The summed E-state index contributed by atoms with van der Waals surface area (Å²) in [5.74, 6) is -2.89. The highest BCUT2D eigenvalue weighted by atomic mass is 32.1. The van der Waals surface area contributed by atoms with E-state index in [0.717, 1.165) is 23.8 Å². The molecular weight excluding hydrogens is 682 g/mol. The average molecular weight is 718 g/mol. The Labute approximate surface area is 296 Å². The number of anilines is 1. The molecule has 264 valence electrons. The lowest BCUT2D eigenvalue weighted by Crippen LogP contribution is -2.54. The molecule has 1 aliphatic rings. The number of carbonyl (C=O) groups is 2. The standard InChI is InChI=1S/C35H34F2N8O5S/c1-22(32-42-30(18-51-32)25-9-7-24(17-38)8-10-25)35(48,28-16-26(36)11-12-29(28)37)19-45(21-39-20-41-45)14-15-49-34(47)43-31-27(6-5-13-40-31)33(44(3)4)50-23(2)46/h5-13,16,18,20-22,33,48H,14-15,19H2,1-4H3/p+1/t22-,33?,35+,45?/m0/s1. The summed E-state index contributed by atoms with van der Waals surface area (Å²) in [6.07, 6.45) is 2.43. The second-order valence-corrected chi connectivity index (χ2v) is 12.9. The first kappa shape index (κ1) is 36.8. The van der Waals surface area contributed by atoms with Crippen molar-refractivity contribution in [3.63, 3.8) is 0 Å². The fraction of sp³-hybridized carbons (Fsp3) is 0.286.